The average molecular weight is 446 g/mol. The van der Waals surface area contributed by atoms with Crippen molar-refractivity contribution in [2.45, 2.75) is 0 Å². The monoisotopic (exact) mass is 446 g/mol. The Labute approximate surface area is 185 Å². The number of hydrogen-bond donors (Lipinski definition) is 2. The summed E-state index contributed by atoms with van der Waals surface area (Å²) in [6, 6.07) is 10.4. The molecule has 0 unspecified atom stereocenters. The third-order valence-electron chi connectivity index (χ3n) is 4.29. The van der Waals surface area contributed by atoms with Gasteiger partial charge < -0.3 is 38.8 Å². The Morgan fingerprint density at radius 1 is 0.531 bits per heavy atom. The standard InChI is InChI=1S/C22H26N2O8/c25-23-15-17-1-3-19-21(13-17)31-11-7-28-6-10-30-20-4-2-18(16-24-26)14-22(20)32-12-8-27-5-9-29-19/h1-4,13-16,25-26H,5-12H2. The maximum Gasteiger partial charge on any atom is 0.161 e. The molecular weight excluding hydrogens is 420 g/mol. The first-order chi connectivity index (χ1) is 15.8. The fraction of sp³-hybridized carbons (Fsp3) is 0.364. The van der Waals surface area contributed by atoms with Gasteiger partial charge in [0.15, 0.2) is 23.0 Å². The molecule has 0 fully saturated rings. The second-order valence-corrected chi connectivity index (χ2v) is 6.52. The van der Waals surface area contributed by atoms with E-state index in [0.717, 1.165) is 0 Å². The SMILES string of the molecule is ON=Cc1ccc2c(c1)OCCOCCOc1ccc(C=NO)cc1OCCOCCO2. The van der Waals surface area contributed by atoms with E-state index in [-0.39, 0.29) is 0 Å². The van der Waals surface area contributed by atoms with E-state index >= 15 is 0 Å². The zero-order chi connectivity index (χ0) is 22.4. The Kier molecular flexibility index (Phi) is 9.43. The fourth-order valence-corrected chi connectivity index (χ4v) is 2.85. The van der Waals surface area contributed by atoms with Gasteiger partial charge in [-0.2, -0.15) is 0 Å². The Bertz CT molecular complexity index is 830. The Balaban J connectivity index is 1.63. The Morgan fingerprint density at radius 3 is 1.28 bits per heavy atom. The summed E-state index contributed by atoms with van der Waals surface area (Å²) < 4.78 is 34.3. The van der Waals surface area contributed by atoms with Gasteiger partial charge in [0, 0.05) is 11.1 Å². The molecule has 3 rings (SSSR count). The van der Waals surface area contributed by atoms with Crippen molar-refractivity contribution < 1.29 is 38.8 Å². The molecule has 0 spiro atoms. The van der Waals surface area contributed by atoms with E-state index in [0.29, 0.717) is 87.0 Å². The summed E-state index contributed by atoms with van der Waals surface area (Å²) >= 11 is 0. The van der Waals surface area contributed by atoms with Gasteiger partial charge in [0.05, 0.1) is 38.9 Å². The van der Waals surface area contributed by atoms with Gasteiger partial charge in [-0.1, -0.05) is 10.3 Å². The van der Waals surface area contributed by atoms with Gasteiger partial charge in [0.2, 0.25) is 0 Å². The largest absolute Gasteiger partial charge is 0.487 e. The molecule has 0 radical (unpaired) electrons. The smallest absolute Gasteiger partial charge is 0.161 e. The van der Waals surface area contributed by atoms with Crippen molar-refractivity contribution in [3.63, 3.8) is 0 Å². The van der Waals surface area contributed by atoms with Crippen LogP contribution in [0.2, 0.25) is 0 Å². The van der Waals surface area contributed by atoms with Crippen molar-refractivity contribution in [3.8, 4) is 23.0 Å². The van der Waals surface area contributed by atoms with Crippen molar-refractivity contribution in [1.29, 1.82) is 0 Å². The van der Waals surface area contributed by atoms with Crippen LogP contribution in [0.25, 0.3) is 0 Å². The van der Waals surface area contributed by atoms with Gasteiger partial charge in [-0.15, -0.1) is 0 Å². The number of benzene rings is 2. The van der Waals surface area contributed by atoms with Gasteiger partial charge in [0.1, 0.15) is 26.4 Å². The third kappa shape index (κ3) is 7.33. The van der Waals surface area contributed by atoms with Crippen LogP contribution in [-0.4, -0.2) is 75.7 Å². The summed E-state index contributed by atoms with van der Waals surface area (Å²) in [6.07, 6.45) is 2.62. The van der Waals surface area contributed by atoms with Crippen LogP contribution in [0.15, 0.2) is 46.7 Å². The minimum atomic E-state index is 0.302. The topological polar surface area (TPSA) is 121 Å². The number of nitrogens with zero attached hydrogens (tertiary/aromatic N) is 2. The fourth-order valence-electron chi connectivity index (χ4n) is 2.85. The van der Waals surface area contributed by atoms with Gasteiger partial charge in [-0.05, 0) is 36.4 Å². The highest BCUT2D eigenvalue weighted by Crippen LogP contribution is 2.29. The summed E-state index contributed by atoms with van der Waals surface area (Å²) in [5, 5.41) is 23.6. The molecule has 0 atom stereocenters. The average Bonchev–Trinajstić information content (AvgIpc) is 2.80. The number of oxime groups is 2. The highest BCUT2D eigenvalue weighted by molar-refractivity contribution is 5.80. The van der Waals surface area contributed by atoms with E-state index in [1.807, 2.05) is 0 Å². The summed E-state index contributed by atoms with van der Waals surface area (Å²) in [5.41, 5.74) is 1.35. The van der Waals surface area contributed by atoms with Crippen LogP contribution in [0, 0.1) is 0 Å². The Morgan fingerprint density at radius 2 is 0.906 bits per heavy atom. The lowest BCUT2D eigenvalue weighted by molar-refractivity contribution is 0.0640. The predicted octanol–water partition coefficient (Wildman–Crippen LogP) is 2.57. The molecule has 1 aliphatic rings. The minimum absolute atomic E-state index is 0.302. The Hall–Kier alpha value is -3.50. The lowest BCUT2D eigenvalue weighted by atomic mass is 10.2. The number of rotatable bonds is 2. The summed E-state index contributed by atoms with van der Waals surface area (Å²) in [5.74, 6) is 2.14. The van der Waals surface area contributed by atoms with E-state index in [2.05, 4.69) is 10.3 Å². The molecule has 0 saturated heterocycles. The summed E-state index contributed by atoms with van der Waals surface area (Å²) in [4.78, 5) is 0. The van der Waals surface area contributed by atoms with Crippen molar-refractivity contribution in [2.24, 2.45) is 10.3 Å². The molecule has 2 aromatic carbocycles. The van der Waals surface area contributed by atoms with Gasteiger partial charge in [-0.25, -0.2) is 0 Å². The quantitative estimate of drug-likeness (QED) is 0.410. The van der Waals surface area contributed by atoms with Crippen molar-refractivity contribution in [1.82, 2.24) is 0 Å². The van der Waals surface area contributed by atoms with E-state index in [9.17, 15) is 0 Å². The summed E-state index contributed by atoms with van der Waals surface area (Å²) in [6.45, 7) is 2.64. The third-order valence-corrected chi connectivity index (χ3v) is 4.29. The number of ether oxygens (including phenoxy) is 6. The molecule has 172 valence electrons. The molecule has 0 amide bonds. The van der Waals surface area contributed by atoms with Crippen LogP contribution in [0.4, 0.5) is 0 Å². The zero-order valence-corrected chi connectivity index (χ0v) is 17.5. The molecule has 0 aromatic heterocycles. The van der Waals surface area contributed by atoms with Crippen LogP contribution >= 0.6 is 0 Å². The lowest BCUT2D eigenvalue weighted by Crippen LogP contribution is -2.15. The first-order valence-corrected chi connectivity index (χ1v) is 10.1. The maximum absolute atomic E-state index is 8.75. The van der Waals surface area contributed by atoms with Crippen molar-refractivity contribution in [2.75, 3.05) is 52.9 Å². The molecular formula is C22H26N2O8. The van der Waals surface area contributed by atoms with Crippen molar-refractivity contribution in [3.05, 3.63) is 47.5 Å². The van der Waals surface area contributed by atoms with Gasteiger partial charge >= 0.3 is 0 Å². The molecule has 32 heavy (non-hydrogen) atoms. The lowest BCUT2D eigenvalue weighted by Gasteiger charge is -2.16. The maximum atomic E-state index is 8.75. The van der Waals surface area contributed by atoms with E-state index in [1.54, 1.807) is 36.4 Å². The van der Waals surface area contributed by atoms with Crippen LogP contribution in [-0.2, 0) is 9.47 Å². The molecule has 0 aliphatic carbocycles. The highest BCUT2D eigenvalue weighted by Gasteiger charge is 2.09. The van der Waals surface area contributed by atoms with E-state index in [4.69, 9.17) is 38.8 Å². The summed E-state index contributed by atoms with van der Waals surface area (Å²) in [7, 11) is 0. The molecule has 10 heteroatoms. The van der Waals surface area contributed by atoms with Crippen LogP contribution in [0.1, 0.15) is 11.1 Å². The molecule has 1 heterocycles. The van der Waals surface area contributed by atoms with Gasteiger partial charge in [0.25, 0.3) is 0 Å². The van der Waals surface area contributed by atoms with Crippen LogP contribution in [0.3, 0.4) is 0 Å². The second kappa shape index (κ2) is 13.0. The van der Waals surface area contributed by atoms with Crippen LogP contribution in [0.5, 0.6) is 23.0 Å². The predicted molar refractivity (Wildman–Crippen MR) is 115 cm³/mol. The first kappa shape index (κ1) is 23.2. The zero-order valence-electron chi connectivity index (χ0n) is 17.5. The van der Waals surface area contributed by atoms with Gasteiger partial charge in [-0.3, -0.25) is 0 Å². The van der Waals surface area contributed by atoms with Crippen LogP contribution < -0.4 is 18.9 Å². The highest BCUT2D eigenvalue weighted by atomic mass is 16.6. The molecule has 1 aliphatic heterocycles. The second-order valence-electron chi connectivity index (χ2n) is 6.52. The van der Waals surface area contributed by atoms with E-state index < -0.39 is 0 Å². The molecule has 10 nitrogen and oxygen atoms in total. The minimum Gasteiger partial charge on any atom is -0.487 e. The van der Waals surface area contributed by atoms with Crippen molar-refractivity contribution >= 4 is 12.4 Å². The molecule has 2 aromatic rings. The normalized spacial score (nSPS) is 16.5. The molecule has 2 N–H and O–H groups in total. The molecule has 0 bridgehead atoms. The molecule has 0 saturated carbocycles. The number of fused-ring (bicyclic) bond motifs is 2. The van der Waals surface area contributed by atoms with E-state index in [1.165, 1.54) is 12.4 Å². The number of hydrogen-bond acceptors (Lipinski definition) is 10. The first-order valence-electron chi connectivity index (χ1n) is 10.1.